The minimum atomic E-state index is 0.0545. The second-order valence-corrected chi connectivity index (χ2v) is 8.81. The van der Waals surface area contributed by atoms with E-state index in [0.29, 0.717) is 11.6 Å². The number of amides is 1. The fourth-order valence-electron chi connectivity index (χ4n) is 4.70. The van der Waals surface area contributed by atoms with Gasteiger partial charge in [0.25, 0.3) is 5.91 Å². The summed E-state index contributed by atoms with van der Waals surface area (Å²) in [7, 11) is 2.10. The lowest BCUT2D eigenvalue weighted by atomic mass is 10.2. The third kappa shape index (κ3) is 3.11. The zero-order valence-corrected chi connectivity index (χ0v) is 17.7. The van der Waals surface area contributed by atoms with Crippen LogP contribution in [-0.4, -0.2) is 68.0 Å². The largest absolute Gasteiger partial charge is 0.339 e. The number of hydrogen-bond donors (Lipinski definition) is 0. The predicted octanol–water partition coefficient (Wildman–Crippen LogP) is 3.17. The van der Waals surface area contributed by atoms with Crippen LogP contribution >= 0.6 is 0 Å². The van der Waals surface area contributed by atoms with E-state index in [1.54, 1.807) is 12.4 Å². The maximum atomic E-state index is 13.7. The molecule has 0 bridgehead atoms. The number of rotatable bonds is 4. The van der Waals surface area contributed by atoms with Crippen molar-refractivity contribution in [3.63, 3.8) is 0 Å². The van der Waals surface area contributed by atoms with Crippen LogP contribution in [0.3, 0.4) is 0 Å². The molecule has 0 atom stereocenters. The SMILES string of the molecule is CN1CCN(C(=O)c2cc3c(c4ccccc4n3CC3CC3)n2-c2ncccn2)CC1. The molecule has 2 fully saturated rings. The average Bonchev–Trinajstić information content (AvgIpc) is 3.47. The smallest absolute Gasteiger partial charge is 0.271 e. The minimum absolute atomic E-state index is 0.0545. The number of carbonyl (C=O) groups excluding carboxylic acids is 1. The van der Waals surface area contributed by atoms with Crippen molar-refractivity contribution >= 4 is 27.8 Å². The molecule has 158 valence electrons. The molecule has 6 rings (SSSR count). The van der Waals surface area contributed by atoms with Crippen LogP contribution in [0.15, 0.2) is 48.8 Å². The lowest BCUT2D eigenvalue weighted by molar-refractivity contribution is 0.0656. The molecule has 1 aromatic carbocycles. The van der Waals surface area contributed by atoms with Gasteiger partial charge in [0.1, 0.15) is 5.69 Å². The van der Waals surface area contributed by atoms with Crippen molar-refractivity contribution in [1.82, 2.24) is 28.9 Å². The van der Waals surface area contributed by atoms with Gasteiger partial charge in [-0.1, -0.05) is 18.2 Å². The van der Waals surface area contributed by atoms with E-state index in [1.807, 2.05) is 15.5 Å². The van der Waals surface area contributed by atoms with Gasteiger partial charge in [-0.05, 0) is 44.0 Å². The Morgan fingerprint density at radius 1 is 1.00 bits per heavy atom. The van der Waals surface area contributed by atoms with Crippen LogP contribution in [0, 0.1) is 5.92 Å². The van der Waals surface area contributed by atoms with E-state index in [2.05, 4.69) is 56.8 Å². The van der Waals surface area contributed by atoms with Gasteiger partial charge in [0, 0.05) is 50.5 Å². The molecular weight excluding hydrogens is 388 g/mol. The van der Waals surface area contributed by atoms with E-state index in [1.165, 1.54) is 18.4 Å². The number of aromatic nitrogens is 4. The number of nitrogens with zero attached hydrogens (tertiary/aromatic N) is 6. The van der Waals surface area contributed by atoms with E-state index in [0.717, 1.165) is 55.1 Å². The quantitative estimate of drug-likeness (QED) is 0.515. The minimum Gasteiger partial charge on any atom is -0.339 e. The van der Waals surface area contributed by atoms with Gasteiger partial charge in [-0.25, -0.2) is 9.97 Å². The van der Waals surface area contributed by atoms with E-state index < -0.39 is 0 Å². The summed E-state index contributed by atoms with van der Waals surface area (Å²) in [5.74, 6) is 1.33. The predicted molar refractivity (Wildman–Crippen MR) is 120 cm³/mol. The third-order valence-electron chi connectivity index (χ3n) is 6.62. The molecule has 2 aliphatic rings. The van der Waals surface area contributed by atoms with Gasteiger partial charge in [0.15, 0.2) is 0 Å². The number of fused-ring (bicyclic) bond motifs is 3. The molecule has 4 aromatic rings. The summed E-state index contributed by atoms with van der Waals surface area (Å²) in [6.07, 6.45) is 6.04. The summed E-state index contributed by atoms with van der Waals surface area (Å²) in [5.41, 5.74) is 3.98. The Morgan fingerprint density at radius 2 is 1.74 bits per heavy atom. The molecule has 1 aliphatic carbocycles. The Hall–Kier alpha value is -3.19. The van der Waals surface area contributed by atoms with Crippen molar-refractivity contribution in [3.05, 3.63) is 54.5 Å². The lowest BCUT2D eigenvalue weighted by Crippen LogP contribution is -2.47. The first-order valence-corrected chi connectivity index (χ1v) is 11.1. The molecule has 1 amide bonds. The van der Waals surface area contributed by atoms with Gasteiger partial charge < -0.3 is 14.4 Å². The molecule has 0 N–H and O–H groups in total. The van der Waals surface area contributed by atoms with Crippen LogP contribution in [0.4, 0.5) is 0 Å². The zero-order chi connectivity index (χ0) is 20.9. The molecule has 0 radical (unpaired) electrons. The molecular formula is C24H26N6O. The van der Waals surface area contributed by atoms with Crippen LogP contribution in [0.5, 0.6) is 0 Å². The number of hydrogen-bond acceptors (Lipinski definition) is 4. The summed E-state index contributed by atoms with van der Waals surface area (Å²) < 4.78 is 4.37. The fourth-order valence-corrected chi connectivity index (χ4v) is 4.70. The van der Waals surface area contributed by atoms with Crippen LogP contribution in [-0.2, 0) is 6.54 Å². The number of carbonyl (C=O) groups is 1. The molecule has 1 saturated carbocycles. The Morgan fingerprint density at radius 3 is 2.48 bits per heavy atom. The highest BCUT2D eigenvalue weighted by atomic mass is 16.2. The zero-order valence-electron chi connectivity index (χ0n) is 17.7. The fraction of sp³-hybridized carbons (Fsp3) is 0.375. The van der Waals surface area contributed by atoms with Crippen molar-refractivity contribution < 1.29 is 4.79 Å². The van der Waals surface area contributed by atoms with Crippen molar-refractivity contribution in [3.8, 4) is 5.95 Å². The average molecular weight is 415 g/mol. The van der Waals surface area contributed by atoms with Crippen LogP contribution in [0.25, 0.3) is 27.9 Å². The maximum absolute atomic E-state index is 13.7. The Bertz CT molecular complexity index is 1260. The summed E-state index contributed by atoms with van der Waals surface area (Å²) >= 11 is 0. The van der Waals surface area contributed by atoms with Crippen LogP contribution in [0.1, 0.15) is 23.3 Å². The molecule has 3 aromatic heterocycles. The molecule has 31 heavy (non-hydrogen) atoms. The molecule has 0 spiro atoms. The number of para-hydroxylation sites is 1. The number of benzene rings is 1. The molecule has 7 nitrogen and oxygen atoms in total. The van der Waals surface area contributed by atoms with Crippen molar-refractivity contribution in [1.29, 1.82) is 0 Å². The van der Waals surface area contributed by atoms with Crippen molar-refractivity contribution in [2.45, 2.75) is 19.4 Å². The van der Waals surface area contributed by atoms with Gasteiger partial charge in [0.05, 0.1) is 16.6 Å². The molecule has 4 heterocycles. The maximum Gasteiger partial charge on any atom is 0.271 e. The van der Waals surface area contributed by atoms with Crippen molar-refractivity contribution in [2.75, 3.05) is 33.2 Å². The van der Waals surface area contributed by atoms with Gasteiger partial charge in [-0.2, -0.15) is 0 Å². The summed E-state index contributed by atoms with van der Waals surface area (Å²) in [5, 5.41) is 1.14. The summed E-state index contributed by atoms with van der Waals surface area (Å²) in [4.78, 5) is 26.9. The van der Waals surface area contributed by atoms with E-state index >= 15 is 0 Å². The first-order valence-electron chi connectivity index (χ1n) is 11.1. The van der Waals surface area contributed by atoms with Gasteiger partial charge in [-0.3, -0.25) is 9.36 Å². The van der Waals surface area contributed by atoms with Gasteiger partial charge >= 0.3 is 0 Å². The Labute approximate surface area is 180 Å². The van der Waals surface area contributed by atoms with Crippen LogP contribution < -0.4 is 0 Å². The second kappa shape index (κ2) is 7.20. The molecule has 0 unspecified atom stereocenters. The van der Waals surface area contributed by atoms with E-state index in [4.69, 9.17) is 0 Å². The van der Waals surface area contributed by atoms with Crippen LogP contribution in [0.2, 0.25) is 0 Å². The monoisotopic (exact) mass is 414 g/mol. The Balaban J connectivity index is 1.58. The van der Waals surface area contributed by atoms with Crippen molar-refractivity contribution in [2.24, 2.45) is 5.92 Å². The number of likely N-dealkylation sites (N-methyl/N-ethyl adjacent to an activating group) is 1. The summed E-state index contributed by atoms with van der Waals surface area (Å²) in [6.45, 7) is 4.26. The lowest BCUT2D eigenvalue weighted by Gasteiger charge is -2.32. The standard InChI is InChI=1S/C24H26N6O/c1-27-11-13-28(14-12-27)23(31)21-15-20-22(30(21)24-25-9-4-10-26-24)18-5-2-3-6-19(18)29(20)16-17-7-8-17/h2-6,9-10,15,17H,7-8,11-14,16H2,1H3. The van der Waals surface area contributed by atoms with Gasteiger partial charge in [-0.15, -0.1) is 0 Å². The molecule has 1 aliphatic heterocycles. The number of piperazine rings is 1. The molecule has 1 saturated heterocycles. The third-order valence-corrected chi connectivity index (χ3v) is 6.62. The normalized spacial score (nSPS) is 17.6. The first kappa shape index (κ1) is 18.6. The topological polar surface area (TPSA) is 59.2 Å². The highest BCUT2D eigenvalue weighted by Gasteiger charge is 2.30. The highest BCUT2D eigenvalue weighted by Crippen LogP contribution is 2.38. The van der Waals surface area contributed by atoms with Gasteiger partial charge in [0.2, 0.25) is 5.95 Å². The van der Waals surface area contributed by atoms with E-state index in [-0.39, 0.29) is 5.91 Å². The second-order valence-electron chi connectivity index (χ2n) is 8.81. The highest BCUT2D eigenvalue weighted by molar-refractivity contribution is 6.11. The molecule has 7 heteroatoms. The Kier molecular flexibility index (Phi) is 4.31. The van der Waals surface area contributed by atoms with E-state index in [9.17, 15) is 4.79 Å². The first-order chi connectivity index (χ1) is 15.2. The summed E-state index contributed by atoms with van der Waals surface area (Å²) in [6, 6.07) is 12.3.